The molecule has 2 amide bonds. The van der Waals surface area contributed by atoms with Gasteiger partial charge in [0.1, 0.15) is 6.54 Å². The molecule has 8 heteroatoms. The van der Waals surface area contributed by atoms with E-state index in [0.29, 0.717) is 12.1 Å². The van der Waals surface area contributed by atoms with Crippen LogP contribution in [0.25, 0.3) is 0 Å². The number of hydrogen-bond donors (Lipinski definition) is 0. The first-order valence-corrected chi connectivity index (χ1v) is 10.7. The lowest BCUT2D eigenvalue weighted by molar-refractivity contribution is -0.384. The van der Waals surface area contributed by atoms with E-state index in [9.17, 15) is 19.7 Å². The molecule has 0 bridgehead atoms. The van der Waals surface area contributed by atoms with Gasteiger partial charge in [-0.2, -0.15) is 0 Å². The van der Waals surface area contributed by atoms with Crippen molar-refractivity contribution < 1.29 is 14.5 Å². The average molecular weight is 421 g/mol. The highest BCUT2D eigenvalue weighted by molar-refractivity contribution is 5.96. The Bertz CT molecular complexity index is 692. The van der Waals surface area contributed by atoms with Gasteiger partial charge in [0.05, 0.1) is 4.92 Å². The summed E-state index contributed by atoms with van der Waals surface area (Å²) in [6.45, 7) is 15.2. The number of amides is 2. The van der Waals surface area contributed by atoms with Crippen LogP contribution in [0.5, 0.6) is 0 Å². The molecule has 0 radical (unpaired) electrons. The molecule has 0 N–H and O–H groups in total. The topological polar surface area (TPSA) is 87.0 Å². The van der Waals surface area contributed by atoms with Crippen LogP contribution in [0.15, 0.2) is 24.3 Å². The summed E-state index contributed by atoms with van der Waals surface area (Å²) in [7, 11) is 0. The molecular formula is C22H36N4O4. The van der Waals surface area contributed by atoms with E-state index in [1.165, 1.54) is 24.3 Å². The smallest absolute Gasteiger partial charge is 0.269 e. The summed E-state index contributed by atoms with van der Waals surface area (Å²) in [4.78, 5) is 42.1. The molecule has 1 aromatic carbocycles. The van der Waals surface area contributed by atoms with Crippen molar-refractivity contribution in [3.8, 4) is 0 Å². The molecule has 0 heterocycles. The zero-order valence-electron chi connectivity index (χ0n) is 19.1. The molecule has 0 aliphatic carbocycles. The van der Waals surface area contributed by atoms with E-state index in [-0.39, 0.29) is 36.1 Å². The summed E-state index contributed by atoms with van der Waals surface area (Å²) in [5.41, 5.74) is 0.276. The number of benzene rings is 1. The van der Waals surface area contributed by atoms with Gasteiger partial charge < -0.3 is 14.7 Å². The lowest BCUT2D eigenvalue weighted by Crippen LogP contribution is -2.48. The summed E-state index contributed by atoms with van der Waals surface area (Å²) in [6, 6.07) is 5.60. The number of rotatable bonds is 12. The van der Waals surface area contributed by atoms with E-state index >= 15 is 0 Å². The molecule has 30 heavy (non-hydrogen) atoms. The first kappa shape index (κ1) is 25.6. The largest absolute Gasteiger partial charge is 0.336 e. The molecule has 168 valence electrons. The number of nitro benzene ring substituents is 1. The lowest BCUT2D eigenvalue weighted by atomic mass is 10.1. The van der Waals surface area contributed by atoms with Crippen LogP contribution in [0.2, 0.25) is 0 Å². The van der Waals surface area contributed by atoms with E-state index in [1.54, 1.807) is 9.80 Å². The molecule has 0 aliphatic heterocycles. The molecular weight excluding hydrogens is 384 g/mol. The van der Waals surface area contributed by atoms with E-state index in [4.69, 9.17) is 0 Å². The van der Waals surface area contributed by atoms with Crippen LogP contribution in [0.4, 0.5) is 5.69 Å². The maximum Gasteiger partial charge on any atom is 0.269 e. The molecule has 0 aliphatic rings. The zero-order chi connectivity index (χ0) is 22.8. The molecule has 1 aromatic rings. The number of non-ortho nitro benzene ring substituents is 1. The quantitative estimate of drug-likeness (QED) is 0.382. The molecule has 0 saturated carbocycles. The highest BCUT2D eigenvalue weighted by atomic mass is 16.6. The summed E-state index contributed by atoms with van der Waals surface area (Å²) in [5, 5.41) is 10.9. The molecule has 8 nitrogen and oxygen atoms in total. The van der Waals surface area contributed by atoms with Crippen molar-refractivity contribution in [3.05, 3.63) is 39.9 Å². The predicted molar refractivity (Wildman–Crippen MR) is 119 cm³/mol. The van der Waals surface area contributed by atoms with Crippen molar-refractivity contribution in [2.75, 3.05) is 32.7 Å². The van der Waals surface area contributed by atoms with Gasteiger partial charge in [-0.1, -0.05) is 13.8 Å². The van der Waals surface area contributed by atoms with Crippen molar-refractivity contribution in [2.24, 2.45) is 0 Å². The normalized spacial score (nSPS) is 11.2. The first-order chi connectivity index (χ1) is 14.1. The third-order valence-electron chi connectivity index (χ3n) is 5.14. The Morgan fingerprint density at radius 2 is 1.50 bits per heavy atom. The van der Waals surface area contributed by atoms with Crippen LogP contribution in [-0.2, 0) is 4.79 Å². The number of hydrogen-bond acceptors (Lipinski definition) is 5. The Morgan fingerprint density at radius 3 is 1.93 bits per heavy atom. The third kappa shape index (κ3) is 7.40. The second-order valence-corrected chi connectivity index (χ2v) is 7.90. The molecule has 0 aromatic heterocycles. The van der Waals surface area contributed by atoms with Crippen molar-refractivity contribution in [1.29, 1.82) is 0 Å². The van der Waals surface area contributed by atoms with Gasteiger partial charge >= 0.3 is 0 Å². The van der Waals surface area contributed by atoms with Gasteiger partial charge in [-0.15, -0.1) is 0 Å². The Labute approximate surface area is 180 Å². The second kappa shape index (κ2) is 12.3. The monoisotopic (exact) mass is 420 g/mol. The summed E-state index contributed by atoms with van der Waals surface area (Å²) >= 11 is 0. The highest BCUT2D eigenvalue weighted by Crippen LogP contribution is 2.15. The van der Waals surface area contributed by atoms with Crippen LogP contribution in [0, 0.1) is 10.1 Å². The van der Waals surface area contributed by atoms with E-state index in [0.717, 1.165) is 26.1 Å². The van der Waals surface area contributed by atoms with Gasteiger partial charge in [-0.05, 0) is 65.9 Å². The number of carbonyl (C=O) groups is 2. The van der Waals surface area contributed by atoms with Gasteiger partial charge in [0.25, 0.3) is 11.6 Å². The van der Waals surface area contributed by atoms with Gasteiger partial charge in [-0.25, -0.2) is 0 Å². The average Bonchev–Trinajstić information content (AvgIpc) is 2.69. The fraction of sp³-hybridized carbons (Fsp3) is 0.636. The second-order valence-electron chi connectivity index (χ2n) is 7.90. The molecule has 0 unspecified atom stereocenters. The number of nitrogens with zero attached hydrogens (tertiary/aromatic N) is 4. The molecule has 0 saturated heterocycles. The van der Waals surface area contributed by atoms with E-state index in [1.807, 2.05) is 27.7 Å². The summed E-state index contributed by atoms with van der Waals surface area (Å²) < 4.78 is 0. The van der Waals surface area contributed by atoms with Gasteiger partial charge in [0, 0.05) is 36.3 Å². The first-order valence-electron chi connectivity index (χ1n) is 10.7. The fourth-order valence-corrected chi connectivity index (χ4v) is 3.60. The standard InChI is InChI=1S/C22H36N4O4/c1-7-23(8-2)14-9-15-24(16-21(27)25(17(3)4)18(5)6)22(28)19-10-12-20(13-11-19)26(29)30/h10-13,17-18H,7-9,14-16H2,1-6H3. The summed E-state index contributed by atoms with van der Waals surface area (Å²) in [6.07, 6.45) is 0.747. The number of nitro groups is 1. The predicted octanol–water partition coefficient (Wildman–Crippen LogP) is 3.41. The fourth-order valence-electron chi connectivity index (χ4n) is 3.60. The van der Waals surface area contributed by atoms with Gasteiger partial charge in [0.2, 0.25) is 5.91 Å². The Morgan fingerprint density at radius 1 is 0.967 bits per heavy atom. The van der Waals surface area contributed by atoms with Gasteiger partial charge in [-0.3, -0.25) is 19.7 Å². The zero-order valence-corrected chi connectivity index (χ0v) is 19.1. The lowest BCUT2D eigenvalue weighted by Gasteiger charge is -2.33. The number of carbonyl (C=O) groups excluding carboxylic acids is 2. The van der Waals surface area contributed by atoms with Crippen LogP contribution in [0.3, 0.4) is 0 Å². The van der Waals surface area contributed by atoms with Crippen LogP contribution >= 0.6 is 0 Å². The van der Waals surface area contributed by atoms with Crippen molar-refractivity contribution in [1.82, 2.24) is 14.7 Å². The van der Waals surface area contributed by atoms with E-state index < -0.39 is 4.92 Å². The van der Waals surface area contributed by atoms with Crippen molar-refractivity contribution >= 4 is 17.5 Å². The Kier molecular flexibility index (Phi) is 10.5. The third-order valence-corrected chi connectivity index (χ3v) is 5.14. The molecule has 0 spiro atoms. The minimum absolute atomic E-state index is 0.00949. The minimum atomic E-state index is -0.497. The molecule has 0 atom stereocenters. The minimum Gasteiger partial charge on any atom is -0.336 e. The van der Waals surface area contributed by atoms with Crippen molar-refractivity contribution in [3.63, 3.8) is 0 Å². The maximum atomic E-state index is 13.1. The van der Waals surface area contributed by atoms with Crippen LogP contribution in [0.1, 0.15) is 58.3 Å². The Balaban J connectivity index is 3.01. The van der Waals surface area contributed by atoms with Crippen molar-refractivity contribution in [2.45, 2.75) is 60.0 Å². The van der Waals surface area contributed by atoms with E-state index in [2.05, 4.69) is 18.7 Å². The van der Waals surface area contributed by atoms with Gasteiger partial charge in [0.15, 0.2) is 0 Å². The Hall–Kier alpha value is -2.48. The van der Waals surface area contributed by atoms with Crippen LogP contribution < -0.4 is 0 Å². The molecule has 0 fully saturated rings. The molecule has 1 rings (SSSR count). The maximum absolute atomic E-state index is 13.1. The summed E-state index contributed by atoms with van der Waals surface area (Å²) in [5.74, 6) is -0.386. The van der Waals surface area contributed by atoms with Crippen LogP contribution in [-0.4, -0.2) is 76.2 Å². The SMILES string of the molecule is CCN(CC)CCCN(CC(=O)N(C(C)C)C(C)C)C(=O)c1ccc([N+](=O)[O-])cc1. The highest BCUT2D eigenvalue weighted by Gasteiger charge is 2.25.